The zero-order valence-electron chi connectivity index (χ0n) is 45.3. The van der Waals surface area contributed by atoms with Crippen LogP contribution in [0.4, 0.5) is 0 Å². The van der Waals surface area contributed by atoms with Gasteiger partial charge in [-0.1, -0.05) is 111 Å². The summed E-state index contributed by atoms with van der Waals surface area (Å²) < 4.78 is 0. The number of rotatable bonds is 29. The van der Waals surface area contributed by atoms with E-state index in [0.29, 0.717) is 28.2 Å². The molecule has 4 aromatic carbocycles. The number of H-pyrrole nitrogens is 3. The van der Waals surface area contributed by atoms with E-state index in [-0.39, 0.29) is 62.4 Å². The van der Waals surface area contributed by atoms with Gasteiger partial charge in [-0.2, -0.15) is 0 Å². The molecule has 7 rings (SSSR count). The second-order valence-corrected chi connectivity index (χ2v) is 20.1. The van der Waals surface area contributed by atoms with Gasteiger partial charge >= 0.3 is 0 Å². The lowest BCUT2D eigenvalue weighted by molar-refractivity contribution is -0.135. The molecule has 7 atom stereocenters. The molecule has 14 N–H and O–H groups in total. The number of phenolic OH excluding ortho intramolecular Hbond substituents is 2. The number of aromatic amines is 3. The van der Waals surface area contributed by atoms with Crippen molar-refractivity contribution in [3.05, 3.63) is 192 Å². The number of nitrogens with one attached hydrogen (secondary N) is 10. The minimum Gasteiger partial charge on any atom is -0.504 e. The summed E-state index contributed by atoms with van der Waals surface area (Å²) in [6.07, 6.45) is 11.5. The van der Waals surface area contributed by atoms with E-state index in [1.54, 1.807) is 54.6 Å². The molecule has 3 heterocycles. The Hall–Kier alpha value is -9.90. The lowest BCUT2D eigenvalue weighted by Gasteiger charge is -2.28. The van der Waals surface area contributed by atoms with E-state index in [4.69, 9.17) is 5.73 Å². The number of aromatic nitrogens is 6. The number of hydrogen-bond acceptors (Lipinski definition) is 13. The zero-order chi connectivity index (χ0) is 58.4. The van der Waals surface area contributed by atoms with Crippen molar-refractivity contribution in [1.82, 2.24) is 67.1 Å². The Bertz CT molecular complexity index is 3200. The summed E-state index contributed by atoms with van der Waals surface area (Å²) in [6.45, 7) is 3.68. The maximum absolute atomic E-state index is 14.7. The number of nitrogens with zero attached hydrogens (tertiary/aromatic N) is 3. The quantitative estimate of drug-likeness (QED) is 0.0299. The number of aromatic hydroxyl groups is 2. The van der Waals surface area contributed by atoms with Crippen LogP contribution in [0.25, 0.3) is 6.08 Å². The van der Waals surface area contributed by atoms with E-state index in [1.807, 2.05) is 50.2 Å². The zero-order valence-corrected chi connectivity index (χ0v) is 45.3. The maximum Gasteiger partial charge on any atom is 0.246 e. The van der Waals surface area contributed by atoms with E-state index >= 15 is 0 Å². The van der Waals surface area contributed by atoms with Crippen molar-refractivity contribution in [1.29, 1.82) is 0 Å². The fourth-order valence-electron chi connectivity index (χ4n) is 8.86. The second kappa shape index (κ2) is 29.9. The number of nitrogens with two attached hydrogens (primary N) is 1. The van der Waals surface area contributed by atoms with Crippen LogP contribution in [0.2, 0.25) is 0 Å². The number of carbonyl (C=O) groups is 7. The number of carbonyl (C=O) groups excluding carboxylic acids is 7. The summed E-state index contributed by atoms with van der Waals surface area (Å²) in [5.74, 6) is -5.84. The van der Waals surface area contributed by atoms with Crippen LogP contribution in [0.15, 0.2) is 153 Å². The van der Waals surface area contributed by atoms with Gasteiger partial charge in [-0.15, -0.1) is 0 Å². The molecule has 7 amide bonds. The van der Waals surface area contributed by atoms with Gasteiger partial charge in [0.2, 0.25) is 41.4 Å². The molecule has 7 aromatic rings. The van der Waals surface area contributed by atoms with Crippen LogP contribution in [-0.4, -0.2) is 124 Å². The third-order valence-electron chi connectivity index (χ3n) is 13.1. The van der Waals surface area contributed by atoms with Crippen LogP contribution in [0.1, 0.15) is 59.6 Å². The van der Waals surface area contributed by atoms with Gasteiger partial charge in [-0.25, -0.2) is 15.0 Å². The predicted octanol–water partition coefficient (Wildman–Crippen LogP) is 2.09. The van der Waals surface area contributed by atoms with Gasteiger partial charge < -0.3 is 68.1 Å². The van der Waals surface area contributed by atoms with E-state index in [2.05, 4.69) is 67.1 Å². The number of phenols is 2. The Morgan fingerprint density at radius 1 is 0.463 bits per heavy atom. The Morgan fingerprint density at radius 3 is 1.22 bits per heavy atom. The molecule has 82 heavy (non-hydrogen) atoms. The Morgan fingerprint density at radius 2 is 0.829 bits per heavy atom. The minimum absolute atomic E-state index is 0.0416. The standard InChI is InChI=1S/C59H68N14O9/c1-36(2)22-45(69-58(81)49(28-42-31-62-34-66-42)73-56(79)46(24-38-14-8-4-9-15-38)68-53(76)44(60)23-37-12-6-3-7-13-37)55(78)72-50(29-43-32-63-35-67-43)59(82)70-47(25-39-16-10-5-11-17-39)57(80)71-48(27-41-30-61-33-65-41)54(77)64-21-20-40-18-19-51(74)52(75)26-40/h3-21,26,30-36,44-50,74-75H,22-25,27-29,60H2,1-2H3,(H,61,65)(H,62,66)(H,63,67)(H,64,77)(H,68,76)(H,69,81)(H,70,82)(H,71,80)(H,72,78)(H,73,79)/b21-20+. The molecule has 0 spiro atoms. The van der Waals surface area contributed by atoms with Gasteiger partial charge in [0.1, 0.15) is 36.3 Å². The first-order valence-corrected chi connectivity index (χ1v) is 26.7. The van der Waals surface area contributed by atoms with Crippen LogP contribution in [0.5, 0.6) is 11.5 Å². The molecule has 23 nitrogen and oxygen atoms in total. The Balaban J connectivity index is 1.10. The number of amides is 7. The first-order chi connectivity index (χ1) is 39.6. The lowest BCUT2D eigenvalue weighted by Crippen LogP contribution is -2.61. The summed E-state index contributed by atoms with van der Waals surface area (Å²) in [4.78, 5) is 121. The molecule has 428 valence electrons. The van der Waals surface area contributed by atoms with Gasteiger partial charge in [0.25, 0.3) is 0 Å². The number of hydrogen-bond donors (Lipinski definition) is 13. The average Bonchev–Trinajstić information content (AvgIpc) is 4.32. The first-order valence-electron chi connectivity index (χ1n) is 26.7. The molecule has 0 bridgehead atoms. The van der Waals surface area contributed by atoms with Crippen LogP contribution in [0, 0.1) is 5.92 Å². The monoisotopic (exact) mass is 1120 g/mol. The summed E-state index contributed by atoms with van der Waals surface area (Å²) in [5.41, 5.74) is 10.4. The highest BCUT2D eigenvalue weighted by Gasteiger charge is 2.35. The first kappa shape index (κ1) is 59.8. The number of benzene rings is 4. The highest BCUT2D eigenvalue weighted by molar-refractivity contribution is 5.97. The Labute approximate surface area is 473 Å². The molecular formula is C59H68N14O9. The maximum atomic E-state index is 14.7. The van der Waals surface area contributed by atoms with Gasteiger partial charge in [0, 0.05) is 74.0 Å². The lowest BCUT2D eigenvalue weighted by atomic mass is 10.00. The SMILES string of the molecule is CC(C)CC(NC(=O)C(Cc1cnc[nH]1)NC(=O)C(Cc1ccccc1)NC(=O)C(N)Cc1ccccc1)C(=O)NC(Cc1cnc[nH]1)C(=O)NC(Cc1ccccc1)C(=O)NC(Cc1cnc[nH]1)C(=O)N/C=C/c1ccc(O)c(O)c1. The second-order valence-electron chi connectivity index (χ2n) is 20.1. The van der Waals surface area contributed by atoms with E-state index in [1.165, 1.54) is 68.0 Å². The molecule has 0 saturated heterocycles. The van der Waals surface area contributed by atoms with Crippen molar-refractivity contribution in [2.24, 2.45) is 11.7 Å². The third kappa shape index (κ3) is 18.6. The summed E-state index contributed by atoms with van der Waals surface area (Å²) >= 11 is 0. The fourth-order valence-corrected chi connectivity index (χ4v) is 8.86. The molecule has 0 aliphatic carbocycles. The molecular weight excluding hydrogens is 1050 g/mol. The topological polar surface area (TPSA) is 356 Å². The van der Waals surface area contributed by atoms with Crippen molar-refractivity contribution in [3.63, 3.8) is 0 Å². The molecule has 0 aliphatic heterocycles. The van der Waals surface area contributed by atoms with Crippen molar-refractivity contribution in [3.8, 4) is 11.5 Å². The molecule has 7 unspecified atom stereocenters. The molecule has 0 radical (unpaired) electrons. The van der Waals surface area contributed by atoms with E-state index < -0.39 is 83.6 Å². The van der Waals surface area contributed by atoms with E-state index in [9.17, 15) is 43.8 Å². The van der Waals surface area contributed by atoms with Crippen LogP contribution in [-0.2, 0) is 72.1 Å². The summed E-state index contributed by atoms with van der Waals surface area (Å²) in [6, 6.07) is 22.4. The van der Waals surface area contributed by atoms with Crippen LogP contribution in [0.3, 0.4) is 0 Å². The fraction of sp³-hybridized carbons (Fsp3) is 0.288. The van der Waals surface area contributed by atoms with Crippen molar-refractivity contribution >= 4 is 47.4 Å². The molecule has 0 fully saturated rings. The van der Waals surface area contributed by atoms with Gasteiger partial charge in [0.05, 0.1) is 25.0 Å². The predicted molar refractivity (Wildman–Crippen MR) is 303 cm³/mol. The minimum atomic E-state index is -1.38. The summed E-state index contributed by atoms with van der Waals surface area (Å²) in [5, 5.41) is 39.1. The highest BCUT2D eigenvalue weighted by atomic mass is 16.3. The van der Waals surface area contributed by atoms with Gasteiger partial charge in [-0.3, -0.25) is 33.6 Å². The molecule has 0 aliphatic rings. The normalized spacial score (nSPS) is 13.8. The summed E-state index contributed by atoms with van der Waals surface area (Å²) in [7, 11) is 0. The molecule has 3 aromatic heterocycles. The molecule has 0 saturated carbocycles. The average molecular weight is 1120 g/mol. The van der Waals surface area contributed by atoms with Crippen molar-refractivity contribution < 1.29 is 43.8 Å². The Kier molecular flexibility index (Phi) is 21.8. The highest BCUT2D eigenvalue weighted by Crippen LogP contribution is 2.25. The number of imidazole rings is 3. The van der Waals surface area contributed by atoms with E-state index in [0.717, 1.165) is 11.1 Å². The molecule has 23 heteroatoms. The van der Waals surface area contributed by atoms with Crippen LogP contribution >= 0.6 is 0 Å². The third-order valence-corrected chi connectivity index (χ3v) is 13.1. The van der Waals surface area contributed by atoms with Gasteiger partial charge in [0.15, 0.2) is 11.5 Å². The van der Waals surface area contributed by atoms with Crippen molar-refractivity contribution in [2.45, 2.75) is 101 Å². The van der Waals surface area contributed by atoms with Crippen LogP contribution < -0.4 is 43.0 Å². The smallest absolute Gasteiger partial charge is 0.246 e. The van der Waals surface area contributed by atoms with Gasteiger partial charge in [-0.05, 0) is 59.2 Å². The largest absolute Gasteiger partial charge is 0.504 e. The van der Waals surface area contributed by atoms with Crippen molar-refractivity contribution in [2.75, 3.05) is 0 Å².